The largest absolute Gasteiger partial charge is 0.462 e. The van der Waals surface area contributed by atoms with Crippen LogP contribution in [-0.4, -0.2) is 36.2 Å². The number of hydrogen-bond donors (Lipinski definition) is 2. The smallest absolute Gasteiger partial charge is 0.341 e. The van der Waals surface area contributed by atoms with Gasteiger partial charge in [0.05, 0.1) is 17.0 Å². The SMILES string of the molecule is CCOC(=O)c1c(N[C@@H](NC(C)=O)C(=O)c2ccccc2)sc(C(C)=O)c1C. The van der Waals surface area contributed by atoms with Crippen LogP contribution in [0, 0.1) is 6.92 Å². The molecule has 1 atom stereocenters. The molecule has 0 saturated carbocycles. The lowest BCUT2D eigenvalue weighted by atomic mass is 10.1. The molecule has 0 spiro atoms. The Balaban J connectivity index is 2.47. The van der Waals surface area contributed by atoms with Gasteiger partial charge in [-0.2, -0.15) is 0 Å². The molecule has 0 aliphatic rings. The summed E-state index contributed by atoms with van der Waals surface area (Å²) in [4.78, 5) is 49.2. The summed E-state index contributed by atoms with van der Waals surface area (Å²) in [5, 5.41) is 5.76. The van der Waals surface area contributed by atoms with E-state index >= 15 is 0 Å². The lowest BCUT2D eigenvalue weighted by Crippen LogP contribution is -2.45. The van der Waals surface area contributed by atoms with Gasteiger partial charge in [-0.3, -0.25) is 14.4 Å². The maximum absolute atomic E-state index is 12.9. The van der Waals surface area contributed by atoms with Gasteiger partial charge in [-0.05, 0) is 26.3 Å². The quantitative estimate of drug-likeness (QED) is 0.399. The van der Waals surface area contributed by atoms with Crippen molar-refractivity contribution in [2.75, 3.05) is 11.9 Å². The number of amides is 1. The maximum atomic E-state index is 12.9. The van der Waals surface area contributed by atoms with Crippen molar-refractivity contribution in [1.29, 1.82) is 0 Å². The Hall–Kier alpha value is -3.00. The normalized spacial score (nSPS) is 11.4. The number of anilines is 1. The number of benzene rings is 1. The molecule has 0 saturated heterocycles. The van der Waals surface area contributed by atoms with Crippen molar-refractivity contribution < 1.29 is 23.9 Å². The van der Waals surface area contributed by atoms with Gasteiger partial charge in [-0.1, -0.05) is 30.3 Å². The molecule has 0 radical (unpaired) electrons. The highest BCUT2D eigenvalue weighted by Crippen LogP contribution is 2.34. The van der Waals surface area contributed by atoms with E-state index in [1.165, 1.54) is 13.8 Å². The van der Waals surface area contributed by atoms with E-state index in [1.807, 2.05) is 0 Å². The fraction of sp³-hybridized carbons (Fsp3) is 0.300. The van der Waals surface area contributed by atoms with E-state index in [2.05, 4.69) is 10.6 Å². The van der Waals surface area contributed by atoms with Gasteiger partial charge in [0.25, 0.3) is 0 Å². The van der Waals surface area contributed by atoms with Crippen molar-refractivity contribution in [1.82, 2.24) is 5.32 Å². The summed E-state index contributed by atoms with van der Waals surface area (Å²) in [5.41, 5.74) is 1.06. The number of nitrogens with one attached hydrogen (secondary N) is 2. The van der Waals surface area contributed by atoms with Gasteiger partial charge in [0, 0.05) is 12.5 Å². The van der Waals surface area contributed by atoms with E-state index in [1.54, 1.807) is 44.2 Å². The minimum Gasteiger partial charge on any atom is -0.462 e. The molecule has 1 aromatic heterocycles. The second-order valence-electron chi connectivity index (χ2n) is 6.05. The number of ether oxygens (including phenoxy) is 1. The Morgan fingerprint density at radius 1 is 1.11 bits per heavy atom. The Kier molecular flexibility index (Phi) is 7.06. The van der Waals surface area contributed by atoms with Crippen molar-refractivity contribution >= 4 is 39.8 Å². The van der Waals surface area contributed by atoms with Crippen LogP contribution in [0.5, 0.6) is 0 Å². The van der Waals surface area contributed by atoms with Crippen molar-refractivity contribution in [2.45, 2.75) is 33.9 Å². The summed E-state index contributed by atoms with van der Waals surface area (Å²) in [6.45, 7) is 6.19. The monoisotopic (exact) mass is 402 g/mol. The zero-order valence-electron chi connectivity index (χ0n) is 16.1. The van der Waals surface area contributed by atoms with E-state index in [0.29, 0.717) is 21.0 Å². The van der Waals surface area contributed by atoms with Gasteiger partial charge < -0.3 is 15.4 Å². The van der Waals surface area contributed by atoms with Gasteiger partial charge in [-0.15, -0.1) is 11.3 Å². The Bertz CT molecular complexity index is 905. The first-order chi connectivity index (χ1) is 13.3. The molecule has 0 aliphatic heterocycles. The van der Waals surface area contributed by atoms with Crippen LogP contribution in [0.1, 0.15) is 56.7 Å². The highest BCUT2D eigenvalue weighted by Gasteiger charge is 2.28. The average Bonchev–Trinajstić information content (AvgIpc) is 2.97. The van der Waals surface area contributed by atoms with E-state index in [9.17, 15) is 19.2 Å². The molecule has 1 aromatic carbocycles. The van der Waals surface area contributed by atoms with E-state index in [-0.39, 0.29) is 23.7 Å². The second-order valence-corrected chi connectivity index (χ2v) is 7.07. The minimum absolute atomic E-state index is 0.168. The molecule has 1 heterocycles. The topological polar surface area (TPSA) is 102 Å². The first-order valence-corrected chi connectivity index (χ1v) is 9.52. The van der Waals surface area contributed by atoms with E-state index in [4.69, 9.17) is 4.74 Å². The zero-order chi connectivity index (χ0) is 20.8. The second kappa shape index (κ2) is 9.27. The van der Waals surface area contributed by atoms with Crippen LogP contribution in [0.15, 0.2) is 30.3 Å². The highest BCUT2D eigenvalue weighted by molar-refractivity contribution is 7.18. The average molecular weight is 402 g/mol. The predicted molar refractivity (Wildman–Crippen MR) is 107 cm³/mol. The van der Waals surface area contributed by atoms with Gasteiger partial charge in [0.1, 0.15) is 5.00 Å². The Labute approximate surface area is 167 Å². The first kappa shape index (κ1) is 21.3. The number of thiophene rings is 1. The van der Waals surface area contributed by atoms with Gasteiger partial charge in [0.2, 0.25) is 11.7 Å². The van der Waals surface area contributed by atoms with E-state index in [0.717, 1.165) is 11.3 Å². The molecule has 0 fully saturated rings. The van der Waals surface area contributed by atoms with Gasteiger partial charge in [0.15, 0.2) is 11.9 Å². The van der Waals surface area contributed by atoms with Crippen LogP contribution in [0.4, 0.5) is 5.00 Å². The molecule has 0 unspecified atom stereocenters. The van der Waals surface area contributed by atoms with Crippen LogP contribution >= 0.6 is 11.3 Å². The number of hydrogen-bond acceptors (Lipinski definition) is 7. The first-order valence-electron chi connectivity index (χ1n) is 8.70. The van der Waals surface area contributed by atoms with E-state index < -0.39 is 18.0 Å². The molecular weight excluding hydrogens is 380 g/mol. The molecule has 0 bridgehead atoms. The summed E-state index contributed by atoms with van der Waals surface area (Å²) < 4.78 is 5.09. The molecule has 2 rings (SSSR count). The van der Waals surface area contributed by atoms with Gasteiger partial charge in [-0.25, -0.2) is 4.79 Å². The number of carbonyl (C=O) groups excluding carboxylic acids is 4. The Morgan fingerprint density at radius 2 is 1.75 bits per heavy atom. The molecule has 0 aliphatic carbocycles. The number of ketones is 2. The Morgan fingerprint density at radius 3 is 2.29 bits per heavy atom. The maximum Gasteiger partial charge on any atom is 0.341 e. The molecule has 8 heteroatoms. The molecule has 148 valence electrons. The van der Waals surface area contributed by atoms with Gasteiger partial charge >= 0.3 is 5.97 Å². The summed E-state index contributed by atoms with van der Waals surface area (Å²) in [5.74, 6) is -1.59. The van der Waals surface area contributed by atoms with Crippen molar-refractivity contribution in [3.8, 4) is 0 Å². The lowest BCUT2D eigenvalue weighted by Gasteiger charge is -2.19. The molecule has 2 aromatic rings. The van der Waals surface area contributed by atoms with Crippen LogP contribution in [0.3, 0.4) is 0 Å². The predicted octanol–water partition coefficient (Wildman–Crippen LogP) is 3.19. The van der Waals surface area contributed by atoms with Crippen LogP contribution in [0.25, 0.3) is 0 Å². The van der Waals surface area contributed by atoms with Crippen LogP contribution < -0.4 is 10.6 Å². The summed E-state index contributed by atoms with van der Waals surface area (Å²) >= 11 is 1.05. The zero-order valence-corrected chi connectivity index (χ0v) is 16.9. The third kappa shape index (κ3) is 4.83. The lowest BCUT2D eigenvalue weighted by molar-refractivity contribution is -0.119. The summed E-state index contributed by atoms with van der Waals surface area (Å²) in [6, 6.07) is 8.46. The molecule has 1 amide bonds. The summed E-state index contributed by atoms with van der Waals surface area (Å²) in [7, 11) is 0. The third-order valence-corrected chi connectivity index (χ3v) is 5.21. The molecule has 28 heavy (non-hydrogen) atoms. The molecule has 7 nitrogen and oxygen atoms in total. The molecular formula is C20H22N2O5S. The summed E-state index contributed by atoms with van der Waals surface area (Å²) in [6.07, 6.45) is -1.11. The number of esters is 1. The standard InChI is InChI=1S/C20H22N2O5S/c1-5-27-20(26)15-11(2)17(12(3)23)28-19(15)22-18(21-13(4)24)16(25)14-9-7-6-8-10-14/h6-10,18,22H,5H2,1-4H3,(H,21,24)/t18-/m1/s1. The highest BCUT2D eigenvalue weighted by atomic mass is 32.1. The fourth-order valence-corrected chi connectivity index (χ4v) is 3.79. The molecule has 2 N–H and O–H groups in total. The van der Waals surface area contributed by atoms with Crippen molar-refractivity contribution in [3.05, 3.63) is 51.9 Å². The fourth-order valence-electron chi connectivity index (χ4n) is 2.67. The number of Topliss-reactive ketones (excluding diaryl/α,β-unsaturated/α-hetero) is 2. The van der Waals surface area contributed by atoms with Crippen LogP contribution in [-0.2, 0) is 9.53 Å². The van der Waals surface area contributed by atoms with Crippen molar-refractivity contribution in [2.24, 2.45) is 0 Å². The minimum atomic E-state index is -1.11. The number of rotatable bonds is 8. The third-order valence-electron chi connectivity index (χ3n) is 3.89. The van der Waals surface area contributed by atoms with Crippen molar-refractivity contribution in [3.63, 3.8) is 0 Å². The van der Waals surface area contributed by atoms with Crippen LogP contribution in [0.2, 0.25) is 0 Å². The number of carbonyl (C=O) groups is 4.